The molecule has 1 nitrogen and oxygen atoms in total. The highest BCUT2D eigenvalue weighted by atomic mass is 79.9. The average molecular weight is 243 g/mol. The zero-order valence-electron chi connectivity index (χ0n) is 8.14. The molecule has 0 N–H and O–H groups in total. The Kier molecular flexibility index (Phi) is 4.29. The van der Waals surface area contributed by atoms with Crippen molar-refractivity contribution in [2.75, 3.05) is 11.9 Å². The molecule has 0 saturated heterocycles. The lowest BCUT2D eigenvalue weighted by molar-refractivity contribution is 0.318. The van der Waals surface area contributed by atoms with E-state index in [9.17, 15) is 0 Å². The topological polar surface area (TPSA) is 9.23 Å². The van der Waals surface area contributed by atoms with Gasteiger partial charge in [0.25, 0.3) is 0 Å². The normalized spacial score (nSPS) is 10.1. The van der Waals surface area contributed by atoms with Gasteiger partial charge in [0.2, 0.25) is 0 Å². The van der Waals surface area contributed by atoms with Crippen molar-refractivity contribution < 1.29 is 4.74 Å². The molecule has 0 aliphatic rings. The fourth-order valence-electron chi connectivity index (χ4n) is 1.26. The van der Waals surface area contributed by atoms with Crippen LogP contribution in [0, 0.1) is 13.8 Å². The molecule has 1 aromatic rings. The standard InChI is InChI=1S/C11H15BrO/c1-9-6-10(2)8-11(7-9)13-5-3-4-12/h6-8H,3-5H2,1-2H3. The van der Waals surface area contributed by atoms with Crippen molar-refractivity contribution in [3.8, 4) is 5.75 Å². The summed E-state index contributed by atoms with van der Waals surface area (Å²) < 4.78 is 5.58. The summed E-state index contributed by atoms with van der Waals surface area (Å²) in [6, 6.07) is 6.29. The number of hydrogen-bond donors (Lipinski definition) is 0. The van der Waals surface area contributed by atoms with Crippen LogP contribution in [0.25, 0.3) is 0 Å². The molecule has 0 aromatic heterocycles. The van der Waals surface area contributed by atoms with Crippen molar-refractivity contribution in [1.29, 1.82) is 0 Å². The van der Waals surface area contributed by atoms with Crippen LogP contribution in [-0.2, 0) is 0 Å². The summed E-state index contributed by atoms with van der Waals surface area (Å²) in [6.45, 7) is 4.96. The monoisotopic (exact) mass is 242 g/mol. The highest BCUT2D eigenvalue weighted by Crippen LogP contribution is 2.16. The van der Waals surface area contributed by atoms with Gasteiger partial charge < -0.3 is 4.74 Å². The highest BCUT2D eigenvalue weighted by Gasteiger charge is 1.95. The summed E-state index contributed by atoms with van der Waals surface area (Å²) in [5.41, 5.74) is 2.52. The molecule has 0 aliphatic heterocycles. The van der Waals surface area contributed by atoms with Crippen molar-refractivity contribution in [2.24, 2.45) is 0 Å². The third kappa shape index (κ3) is 3.81. The molecule has 0 aliphatic carbocycles. The van der Waals surface area contributed by atoms with Crippen molar-refractivity contribution >= 4 is 15.9 Å². The first-order valence-electron chi connectivity index (χ1n) is 4.49. The molecular weight excluding hydrogens is 228 g/mol. The van der Waals surface area contributed by atoms with E-state index in [-0.39, 0.29) is 0 Å². The molecule has 1 aromatic carbocycles. The molecule has 1 rings (SSSR count). The maximum Gasteiger partial charge on any atom is 0.119 e. The Balaban J connectivity index is 2.56. The van der Waals surface area contributed by atoms with Gasteiger partial charge in [-0.2, -0.15) is 0 Å². The molecule has 0 radical (unpaired) electrons. The summed E-state index contributed by atoms with van der Waals surface area (Å²) in [4.78, 5) is 0. The van der Waals surface area contributed by atoms with Crippen LogP contribution < -0.4 is 4.74 Å². The van der Waals surface area contributed by atoms with E-state index in [1.54, 1.807) is 0 Å². The largest absolute Gasteiger partial charge is 0.494 e. The molecule has 0 heterocycles. The first kappa shape index (κ1) is 10.6. The Morgan fingerprint density at radius 3 is 2.31 bits per heavy atom. The van der Waals surface area contributed by atoms with E-state index in [1.807, 2.05) is 0 Å². The van der Waals surface area contributed by atoms with Gasteiger partial charge in [0.05, 0.1) is 6.61 Å². The van der Waals surface area contributed by atoms with Gasteiger partial charge in [0.15, 0.2) is 0 Å². The molecule has 0 unspecified atom stereocenters. The quantitative estimate of drug-likeness (QED) is 0.581. The Bertz CT molecular complexity index is 251. The maximum absolute atomic E-state index is 5.58. The van der Waals surface area contributed by atoms with E-state index in [0.29, 0.717) is 0 Å². The van der Waals surface area contributed by atoms with Crippen LogP contribution in [0.15, 0.2) is 18.2 Å². The van der Waals surface area contributed by atoms with Gasteiger partial charge in [-0.15, -0.1) is 0 Å². The van der Waals surface area contributed by atoms with Gasteiger partial charge in [0, 0.05) is 5.33 Å². The SMILES string of the molecule is Cc1cc(C)cc(OCCCBr)c1. The van der Waals surface area contributed by atoms with Crippen LogP contribution in [0.2, 0.25) is 0 Å². The van der Waals surface area contributed by atoms with Gasteiger partial charge >= 0.3 is 0 Å². The fraction of sp³-hybridized carbons (Fsp3) is 0.455. The summed E-state index contributed by atoms with van der Waals surface area (Å²) in [7, 11) is 0. The van der Waals surface area contributed by atoms with Gasteiger partial charge in [-0.05, 0) is 43.5 Å². The average Bonchev–Trinajstić information content (AvgIpc) is 2.03. The summed E-state index contributed by atoms with van der Waals surface area (Å²) in [5.74, 6) is 0.985. The third-order valence-electron chi connectivity index (χ3n) is 1.74. The van der Waals surface area contributed by atoms with Gasteiger partial charge in [-0.3, -0.25) is 0 Å². The van der Waals surface area contributed by atoms with Crippen LogP contribution >= 0.6 is 15.9 Å². The van der Waals surface area contributed by atoms with Gasteiger partial charge in [-0.25, -0.2) is 0 Å². The molecule has 0 fully saturated rings. The molecule has 72 valence electrons. The van der Waals surface area contributed by atoms with E-state index in [4.69, 9.17) is 4.74 Å². The zero-order valence-corrected chi connectivity index (χ0v) is 9.73. The van der Waals surface area contributed by atoms with Crippen LogP contribution in [0.4, 0.5) is 0 Å². The minimum atomic E-state index is 0.786. The van der Waals surface area contributed by atoms with E-state index in [0.717, 1.165) is 24.1 Å². The minimum Gasteiger partial charge on any atom is -0.494 e. The molecule has 0 atom stereocenters. The first-order valence-corrected chi connectivity index (χ1v) is 5.61. The van der Waals surface area contributed by atoms with E-state index in [2.05, 4.69) is 48.0 Å². The van der Waals surface area contributed by atoms with Crippen LogP contribution in [0.5, 0.6) is 5.75 Å². The molecule has 0 saturated carbocycles. The summed E-state index contributed by atoms with van der Waals surface area (Å²) >= 11 is 3.37. The van der Waals surface area contributed by atoms with E-state index < -0.39 is 0 Å². The lowest BCUT2D eigenvalue weighted by atomic mass is 10.1. The third-order valence-corrected chi connectivity index (χ3v) is 2.30. The number of benzene rings is 1. The van der Waals surface area contributed by atoms with Crippen LogP contribution in [0.3, 0.4) is 0 Å². The number of alkyl halides is 1. The Morgan fingerprint density at radius 2 is 1.77 bits per heavy atom. The second kappa shape index (κ2) is 5.28. The van der Waals surface area contributed by atoms with E-state index in [1.165, 1.54) is 11.1 Å². The van der Waals surface area contributed by atoms with Gasteiger partial charge in [0.1, 0.15) is 5.75 Å². The number of halogens is 1. The number of hydrogen-bond acceptors (Lipinski definition) is 1. The number of ether oxygens (including phenoxy) is 1. The number of aryl methyl sites for hydroxylation is 2. The zero-order chi connectivity index (χ0) is 9.68. The molecule has 0 spiro atoms. The summed E-state index contributed by atoms with van der Waals surface area (Å²) in [6.07, 6.45) is 1.05. The lowest BCUT2D eigenvalue weighted by Gasteiger charge is -2.06. The van der Waals surface area contributed by atoms with Crippen LogP contribution in [0.1, 0.15) is 17.5 Å². The van der Waals surface area contributed by atoms with Crippen molar-refractivity contribution in [3.05, 3.63) is 29.3 Å². The first-order chi connectivity index (χ1) is 6.22. The van der Waals surface area contributed by atoms with E-state index >= 15 is 0 Å². The Labute approximate surface area is 88.2 Å². The molecule has 0 bridgehead atoms. The maximum atomic E-state index is 5.58. The molecule has 0 amide bonds. The van der Waals surface area contributed by atoms with Crippen LogP contribution in [-0.4, -0.2) is 11.9 Å². The fourth-order valence-corrected chi connectivity index (χ4v) is 1.49. The van der Waals surface area contributed by atoms with Crippen molar-refractivity contribution in [3.63, 3.8) is 0 Å². The predicted octanol–water partition coefficient (Wildman–Crippen LogP) is 3.47. The smallest absolute Gasteiger partial charge is 0.119 e. The van der Waals surface area contributed by atoms with Crippen molar-refractivity contribution in [1.82, 2.24) is 0 Å². The molecular formula is C11H15BrO. The summed E-state index contributed by atoms with van der Waals surface area (Å²) in [5, 5.41) is 0.998. The molecule has 13 heavy (non-hydrogen) atoms. The lowest BCUT2D eigenvalue weighted by Crippen LogP contribution is -1.98. The highest BCUT2D eigenvalue weighted by molar-refractivity contribution is 9.09. The second-order valence-electron chi connectivity index (χ2n) is 3.21. The molecule has 2 heteroatoms. The Hall–Kier alpha value is -0.500. The minimum absolute atomic E-state index is 0.786. The van der Waals surface area contributed by atoms with Gasteiger partial charge in [-0.1, -0.05) is 22.0 Å². The second-order valence-corrected chi connectivity index (χ2v) is 4.01. The number of rotatable bonds is 4. The van der Waals surface area contributed by atoms with Crippen molar-refractivity contribution in [2.45, 2.75) is 20.3 Å². The Morgan fingerprint density at radius 1 is 1.15 bits per heavy atom. The predicted molar refractivity (Wildman–Crippen MR) is 59.8 cm³/mol.